The van der Waals surface area contributed by atoms with Gasteiger partial charge in [0.1, 0.15) is 10.6 Å². The number of hydrogen-bond acceptors (Lipinski definition) is 4. The molecule has 0 aromatic carbocycles. The topological polar surface area (TPSA) is 79.5 Å². The molecule has 0 amide bonds. The monoisotopic (exact) mass is 253 g/mol. The highest BCUT2D eigenvalue weighted by atomic mass is 32.1. The van der Waals surface area contributed by atoms with Crippen LogP contribution in [0, 0.1) is 0 Å². The SMILES string of the molecule is CC(C)n1c(=O)c(C(=O)O)c(O)c2ccsc21. The van der Waals surface area contributed by atoms with E-state index in [4.69, 9.17) is 5.11 Å². The third-order valence-corrected chi connectivity index (χ3v) is 3.43. The van der Waals surface area contributed by atoms with Gasteiger partial charge in [0.15, 0.2) is 5.56 Å². The first-order chi connectivity index (χ1) is 7.95. The molecule has 0 atom stereocenters. The maximum atomic E-state index is 12.0. The lowest BCUT2D eigenvalue weighted by Crippen LogP contribution is -2.27. The van der Waals surface area contributed by atoms with Crippen LogP contribution in [0.5, 0.6) is 5.75 Å². The number of thiophene rings is 1. The van der Waals surface area contributed by atoms with E-state index in [0.717, 1.165) is 0 Å². The number of aromatic nitrogens is 1. The van der Waals surface area contributed by atoms with Crippen LogP contribution in [-0.4, -0.2) is 20.7 Å². The summed E-state index contributed by atoms with van der Waals surface area (Å²) in [6, 6.07) is 1.45. The molecule has 90 valence electrons. The molecule has 17 heavy (non-hydrogen) atoms. The first-order valence-electron chi connectivity index (χ1n) is 5.03. The van der Waals surface area contributed by atoms with Gasteiger partial charge in [0.05, 0.1) is 5.39 Å². The van der Waals surface area contributed by atoms with Crippen LogP contribution in [0.2, 0.25) is 0 Å². The van der Waals surface area contributed by atoms with E-state index < -0.39 is 22.8 Å². The van der Waals surface area contributed by atoms with Gasteiger partial charge in [-0.2, -0.15) is 0 Å². The van der Waals surface area contributed by atoms with Crippen molar-refractivity contribution >= 4 is 27.5 Å². The summed E-state index contributed by atoms with van der Waals surface area (Å²) in [6.45, 7) is 3.59. The molecule has 0 unspecified atom stereocenters. The van der Waals surface area contributed by atoms with Gasteiger partial charge in [0, 0.05) is 6.04 Å². The Labute approximate surface area is 101 Å². The molecule has 6 heteroatoms. The van der Waals surface area contributed by atoms with Gasteiger partial charge in [-0.05, 0) is 25.3 Å². The fourth-order valence-electron chi connectivity index (χ4n) is 1.78. The molecule has 2 N–H and O–H groups in total. The van der Waals surface area contributed by atoms with Gasteiger partial charge in [-0.25, -0.2) is 4.79 Å². The van der Waals surface area contributed by atoms with Crippen LogP contribution in [0.3, 0.4) is 0 Å². The molecule has 0 aliphatic heterocycles. The Morgan fingerprint density at radius 2 is 2.12 bits per heavy atom. The van der Waals surface area contributed by atoms with E-state index in [1.54, 1.807) is 25.3 Å². The Hall–Kier alpha value is -1.82. The van der Waals surface area contributed by atoms with Gasteiger partial charge in [0.25, 0.3) is 5.56 Å². The van der Waals surface area contributed by atoms with Crippen LogP contribution in [0.25, 0.3) is 10.2 Å². The van der Waals surface area contributed by atoms with Crippen molar-refractivity contribution in [1.29, 1.82) is 0 Å². The van der Waals surface area contributed by atoms with E-state index in [1.165, 1.54) is 15.9 Å². The molecule has 0 saturated heterocycles. The maximum absolute atomic E-state index is 12.0. The predicted octanol–water partition coefficient (Wildman–Crippen LogP) is 2.05. The second-order valence-corrected chi connectivity index (χ2v) is 4.83. The van der Waals surface area contributed by atoms with Crippen molar-refractivity contribution in [2.24, 2.45) is 0 Å². The number of aromatic hydroxyl groups is 1. The molecule has 2 rings (SSSR count). The highest BCUT2D eigenvalue weighted by Gasteiger charge is 2.23. The Morgan fingerprint density at radius 1 is 1.47 bits per heavy atom. The van der Waals surface area contributed by atoms with Crippen molar-refractivity contribution in [1.82, 2.24) is 4.57 Å². The highest BCUT2D eigenvalue weighted by Crippen LogP contribution is 2.31. The number of carbonyl (C=O) groups is 1. The minimum atomic E-state index is -1.41. The standard InChI is InChI=1S/C11H11NO4S/c1-5(2)12-9(14)7(11(15)16)8(13)6-3-4-17-10(6)12/h3-5,13H,1-2H3,(H,15,16). The fraction of sp³-hybridized carbons (Fsp3) is 0.273. The lowest BCUT2D eigenvalue weighted by molar-refractivity contribution is 0.0691. The summed E-state index contributed by atoms with van der Waals surface area (Å²) in [7, 11) is 0. The molecular formula is C11H11NO4S. The molecule has 0 aliphatic carbocycles. The summed E-state index contributed by atoms with van der Waals surface area (Å²) in [5.74, 6) is -1.86. The minimum absolute atomic E-state index is 0.164. The second kappa shape index (κ2) is 3.89. The Bertz CT molecular complexity index is 653. The third-order valence-electron chi connectivity index (χ3n) is 2.52. The number of hydrogen-bond donors (Lipinski definition) is 2. The van der Waals surface area contributed by atoms with E-state index in [1.807, 2.05) is 0 Å². The number of aromatic carboxylic acids is 1. The largest absolute Gasteiger partial charge is 0.506 e. The van der Waals surface area contributed by atoms with E-state index in [2.05, 4.69) is 0 Å². The van der Waals surface area contributed by atoms with Gasteiger partial charge in [-0.1, -0.05) is 0 Å². The van der Waals surface area contributed by atoms with Gasteiger partial charge in [-0.3, -0.25) is 9.36 Å². The third kappa shape index (κ3) is 1.61. The number of carboxylic acid groups (broad SMARTS) is 1. The molecular weight excluding hydrogens is 242 g/mol. The molecule has 0 radical (unpaired) electrons. The summed E-state index contributed by atoms with van der Waals surface area (Å²) < 4.78 is 1.39. The zero-order valence-corrected chi connectivity index (χ0v) is 10.1. The number of nitrogens with zero attached hydrogens (tertiary/aromatic N) is 1. The van der Waals surface area contributed by atoms with Crippen molar-refractivity contribution in [3.8, 4) is 5.75 Å². The lowest BCUT2D eigenvalue weighted by Gasteiger charge is -2.13. The van der Waals surface area contributed by atoms with Crippen LogP contribution in [0.1, 0.15) is 30.2 Å². The van der Waals surface area contributed by atoms with Crippen LogP contribution in [0.15, 0.2) is 16.2 Å². The zero-order chi connectivity index (χ0) is 12.7. The van der Waals surface area contributed by atoms with E-state index in [-0.39, 0.29) is 6.04 Å². The van der Waals surface area contributed by atoms with E-state index in [9.17, 15) is 14.7 Å². The Morgan fingerprint density at radius 3 is 2.65 bits per heavy atom. The first-order valence-corrected chi connectivity index (χ1v) is 5.91. The Balaban J connectivity index is 3.03. The number of carboxylic acids is 1. The fourth-order valence-corrected chi connectivity index (χ4v) is 2.81. The molecule has 2 aromatic rings. The van der Waals surface area contributed by atoms with Gasteiger partial charge in [0.2, 0.25) is 0 Å². The summed E-state index contributed by atoms with van der Waals surface area (Å²) in [5.41, 5.74) is -1.23. The van der Waals surface area contributed by atoms with E-state index in [0.29, 0.717) is 10.2 Å². The summed E-state index contributed by atoms with van der Waals surface area (Å²) >= 11 is 1.30. The van der Waals surface area contributed by atoms with Gasteiger partial charge in [-0.15, -0.1) is 11.3 Å². The van der Waals surface area contributed by atoms with Crippen LogP contribution < -0.4 is 5.56 Å². The van der Waals surface area contributed by atoms with E-state index >= 15 is 0 Å². The van der Waals surface area contributed by atoms with Gasteiger partial charge >= 0.3 is 5.97 Å². The minimum Gasteiger partial charge on any atom is -0.506 e. The maximum Gasteiger partial charge on any atom is 0.345 e. The molecule has 2 heterocycles. The molecule has 0 saturated carbocycles. The lowest BCUT2D eigenvalue weighted by atomic mass is 10.2. The predicted molar refractivity (Wildman–Crippen MR) is 65.1 cm³/mol. The molecule has 0 aliphatic rings. The highest BCUT2D eigenvalue weighted by molar-refractivity contribution is 7.16. The first kappa shape index (κ1) is 11.7. The molecule has 0 fully saturated rings. The van der Waals surface area contributed by atoms with Crippen LogP contribution >= 0.6 is 11.3 Å². The smallest absolute Gasteiger partial charge is 0.345 e. The van der Waals surface area contributed by atoms with Crippen molar-refractivity contribution in [3.05, 3.63) is 27.4 Å². The number of rotatable bonds is 2. The second-order valence-electron chi connectivity index (χ2n) is 3.94. The van der Waals surface area contributed by atoms with Crippen molar-refractivity contribution < 1.29 is 15.0 Å². The van der Waals surface area contributed by atoms with Gasteiger partial charge < -0.3 is 10.2 Å². The average Bonchev–Trinajstić information content (AvgIpc) is 2.65. The van der Waals surface area contributed by atoms with Crippen molar-refractivity contribution in [2.75, 3.05) is 0 Å². The Kier molecular flexibility index (Phi) is 2.66. The average molecular weight is 253 g/mol. The van der Waals surface area contributed by atoms with Crippen molar-refractivity contribution in [2.45, 2.75) is 19.9 Å². The summed E-state index contributed by atoms with van der Waals surface area (Å²) in [4.78, 5) is 23.6. The zero-order valence-electron chi connectivity index (χ0n) is 9.30. The number of pyridine rings is 1. The van der Waals surface area contributed by atoms with Crippen LogP contribution in [-0.2, 0) is 0 Å². The summed E-state index contributed by atoms with van der Waals surface area (Å²) in [5, 5.41) is 20.9. The molecule has 5 nitrogen and oxygen atoms in total. The molecule has 2 aromatic heterocycles. The van der Waals surface area contributed by atoms with Crippen LogP contribution in [0.4, 0.5) is 0 Å². The summed E-state index contributed by atoms with van der Waals surface area (Å²) in [6.07, 6.45) is 0. The molecule has 0 bridgehead atoms. The van der Waals surface area contributed by atoms with Crippen molar-refractivity contribution in [3.63, 3.8) is 0 Å². The quantitative estimate of drug-likeness (QED) is 0.858. The molecule has 0 spiro atoms. The number of fused-ring (bicyclic) bond motifs is 1. The normalized spacial score (nSPS) is 11.2.